The van der Waals surface area contributed by atoms with Crippen molar-refractivity contribution in [2.24, 2.45) is 0 Å². The number of halogens is 1. The number of nitrogens with one attached hydrogen (secondary N) is 1. The van der Waals surface area contributed by atoms with Crippen molar-refractivity contribution in [1.82, 2.24) is 0 Å². The van der Waals surface area contributed by atoms with Crippen LogP contribution >= 0.6 is 11.6 Å². The molecule has 3 rings (SSSR count). The molecule has 0 spiro atoms. The second-order valence-corrected chi connectivity index (χ2v) is 10.6. The fourth-order valence-electron chi connectivity index (χ4n) is 3.10. The molecule has 156 valence electrons. The Morgan fingerprint density at radius 3 is 2.41 bits per heavy atom. The highest BCUT2D eigenvalue weighted by Crippen LogP contribution is 2.35. The number of amides is 1. The van der Waals surface area contributed by atoms with Crippen LogP contribution in [0.15, 0.2) is 35.2 Å². The zero-order valence-corrected chi connectivity index (χ0v) is 18.3. The van der Waals surface area contributed by atoms with Gasteiger partial charge in [0.2, 0.25) is 15.9 Å². The number of benzene rings is 2. The molecule has 0 radical (unpaired) electrons. The van der Waals surface area contributed by atoms with Crippen LogP contribution in [0.5, 0.6) is 5.75 Å². The third-order valence-corrected chi connectivity index (χ3v) is 7.78. The Labute approximate surface area is 174 Å². The number of aryl methyl sites for hydroxylation is 2. The SMILES string of the molecule is COc1ccc(N2C(=O)CCS2(=O)=O)cc1S(=O)(=O)Nc1c(C)cc(C)cc1Cl. The average molecular weight is 459 g/mol. The van der Waals surface area contributed by atoms with Crippen LogP contribution < -0.4 is 13.8 Å². The Hall–Kier alpha value is -2.30. The van der Waals surface area contributed by atoms with Gasteiger partial charge >= 0.3 is 0 Å². The first-order valence-electron chi connectivity index (χ1n) is 8.50. The molecule has 0 saturated carbocycles. The van der Waals surface area contributed by atoms with Crippen LogP contribution in [-0.4, -0.2) is 35.6 Å². The standard InChI is InChI=1S/C18H19ClN2O6S2/c1-11-8-12(2)18(14(19)9-11)20-29(25,26)16-10-13(4-5-15(16)27-3)21-17(22)6-7-28(21,23)24/h4-5,8-10,20H,6-7H2,1-3H3. The minimum absolute atomic E-state index is 0.00817. The monoisotopic (exact) mass is 458 g/mol. The zero-order valence-electron chi connectivity index (χ0n) is 15.9. The number of hydrogen-bond donors (Lipinski definition) is 1. The van der Waals surface area contributed by atoms with E-state index in [0.29, 0.717) is 9.87 Å². The fourth-order valence-corrected chi connectivity index (χ4v) is 6.32. The number of nitrogens with zero attached hydrogens (tertiary/aromatic N) is 1. The lowest BCUT2D eigenvalue weighted by Crippen LogP contribution is -2.29. The molecule has 0 atom stereocenters. The average Bonchev–Trinajstić information content (AvgIpc) is 2.90. The van der Waals surface area contributed by atoms with Gasteiger partial charge in [-0.2, -0.15) is 0 Å². The van der Waals surface area contributed by atoms with Gasteiger partial charge in [-0.15, -0.1) is 0 Å². The molecule has 29 heavy (non-hydrogen) atoms. The van der Waals surface area contributed by atoms with Gasteiger partial charge in [-0.3, -0.25) is 9.52 Å². The van der Waals surface area contributed by atoms with Crippen molar-refractivity contribution in [3.05, 3.63) is 46.5 Å². The van der Waals surface area contributed by atoms with Crippen molar-refractivity contribution < 1.29 is 26.4 Å². The van der Waals surface area contributed by atoms with E-state index in [2.05, 4.69) is 4.72 Å². The highest BCUT2D eigenvalue weighted by molar-refractivity contribution is 7.94. The molecule has 0 bridgehead atoms. The maximum absolute atomic E-state index is 13.1. The van der Waals surface area contributed by atoms with E-state index in [1.807, 2.05) is 6.92 Å². The summed E-state index contributed by atoms with van der Waals surface area (Å²) in [6.07, 6.45) is -0.160. The van der Waals surface area contributed by atoms with Gasteiger partial charge in [-0.05, 0) is 49.2 Å². The summed E-state index contributed by atoms with van der Waals surface area (Å²) in [5.74, 6) is -0.953. The van der Waals surface area contributed by atoms with Gasteiger partial charge < -0.3 is 4.74 Å². The Morgan fingerprint density at radius 1 is 1.17 bits per heavy atom. The molecule has 11 heteroatoms. The van der Waals surface area contributed by atoms with Gasteiger partial charge in [0.25, 0.3) is 10.0 Å². The Bertz CT molecular complexity index is 1190. The molecule has 1 heterocycles. The molecule has 2 aromatic carbocycles. The molecule has 8 nitrogen and oxygen atoms in total. The quantitative estimate of drug-likeness (QED) is 0.737. The number of rotatable bonds is 5. The normalized spacial score (nSPS) is 16.1. The third kappa shape index (κ3) is 4.05. The molecule has 1 saturated heterocycles. The van der Waals surface area contributed by atoms with E-state index >= 15 is 0 Å². The predicted octanol–water partition coefficient (Wildman–Crippen LogP) is 2.83. The number of carbonyl (C=O) groups is 1. The molecule has 1 fully saturated rings. The van der Waals surface area contributed by atoms with E-state index in [1.54, 1.807) is 19.1 Å². The van der Waals surface area contributed by atoms with Crippen molar-refractivity contribution in [2.45, 2.75) is 25.2 Å². The number of anilines is 2. The Kier molecular flexibility index (Phi) is 5.54. The van der Waals surface area contributed by atoms with Crippen LogP contribution in [0.1, 0.15) is 17.5 Å². The lowest BCUT2D eigenvalue weighted by atomic mass is 10.1. The molecule has 2 aromatic rings. The van der Waals surface area contributed by atoms with Gasteiger partial charge in [0, 0.05) is 6.42 Å². The van der Waals surface area contributed by atoms with E-state index in [0.717, 1.165) is 11.6 Å². The van der Waals surface area contributed by atoms with E-state index in [4.69, 9.17) is 16.3 Å². The van der Waals surface area contributed by atoms with Crippen LogP contribution in [0.3, 0.4) is 0 Å². The molecule has 1 N–H and O–H groups in total. The number of ether oxygens (including phenoxy) is 1. The molecular weight excluding hydrogens is 440 g/mol. The summed E-state index contributed by atoms with van der Waals surface area (Å²) in [7, 11) is -6.77. The van der Waals surface area contributed by atoms with Crippen molar-refractivity contribution in [2.75, 3.05) is 21.9 Å². The van der Waals surface area contributed by atoms with Crippen LogP contribution in [0.25, 0.3) is 0 Å². The number of carbonyl (C=O) groups excluding carboxylic acids is 1. The first kappa shape index (κ1) is 21.4. The summed E-state index contributed by atoms with van der Waals surface area (Å²) in [5.41, 5.74) is 1.62. The van der Waals surface area contributed by atoms with Gasteiger partial charge in [0.05, 0.1) is 29.3 Å². The highest BCUT2D eigenvalue weighted by Gasteiger charge is 2.37. The molecular formula is C18H19ClN2O6S2. The van der Waals surface area contributed by atoms with Crippen molar-refractivity contribution in [1.29, 1.82) is 0 Å². The summed E-state index contributed by atoms with van der Waals surface area (Å²) < 4.78 is 58.7. The lowest BCUT2D eigenvalue weighted by Gasteiger charge is -2.19. The van der Waals surface area contributed by atoms with Crippen molar-refractivity contribution in [3.63, 3.8) is 0 Å². The second-order valence-electron chi connectivity index (χ2n) is 6.60. The van der Waals surface area contributed by atoms with Gasteiger partial charge in [-0.1, -0.05) is 17.7 Å². The molecule has 1 aliphatic heterocycles. The summed E-state index contributed by atoms with van der Waals surface area (Å²) >= 11 is 6.20. The molecule has 0 unspecified atom stereocenters. The lowest BCUT2D eigenvalue weighted by molar-refractivity contribution is -0.116. The van der Waals surface area contributed by atoms with Crippen LogP contribution in [-0.2, 0) is 24.8 Å². The second kappa shape index (κ2) is 7.51. The van der Waals surface area contributed by atoms with E-state index in [1.165, 1.54) is 19.2 Å². The minimum Gasteiger partial charge on any atom is -0.495 e. The summed E-state index contributed by atoms with van der Waals surface area (Å²) in [6, 6.07) is 7.11. The van der Waals surface area contributed by atoms with Crippen molar-refractivity contribution in [3.8, 4) is 5.75 Å². The first-order chi connectivity index (χ1) is 13.5. The Balaban J connectivity index is 2.11. The predicted molar refractivity (Wildman–Crippen MR) is 111 cm³/mol. The Morgan fingerprint density at radius 2 is 1.86 bits per heavy atom. The van der Waals surface area contributed by atoms with E-state index in [9.17, 15) is 21.6 Å². The fraction of sp³-hybridized carbons (Fsp3) is 0.278. The third-order valence-electron chi connectivity index (χ3n) is 4.42. The summed E-state index contributed by atoms with van der Waals surface area (Å²) in [4.78, 5) is 11.7. The van der Waals surface area contributed by atoms with Crippen LogP contribution in [0.4, 0.5) is 11.4 Å². The van der Waals surface area contributed by atoms with Gasteiger partial charge in [-0.25, -0.2) is 21.1 Å². The number of methoxy groups -OCH3 is 1. The van der Waals surface area contributed by atoms with E-state index in [-0.39, 0.29) is 39.2 Å². The maximum Gasteiger partial charge on any atom is 0.265 e. The smallest absolute Gasteiger partial charge is 0.265 e. The largest absolute Gasteiger partial charge is 0.495 e. The van der Waals surface area contributed by atoms with Gasteiger partial charge in [0.15, 0.2) is 0 Å². The van der Waals surface area contributed by atoms with Crippen molar-refractivity contribution >= 4 is 48.9 Å². The first-order valence-corrected chi connectivity index (χ1v) is 12.0. The van der Waals surface area contributed by atoms with Crippen LogP contribution in [0.2, 0.25) is 5.02 Å². The highest BCUT2D eigenvalue weighted by atomic mass is 35.5. The zero-order chi connectivity index (χ0) is 21.6. The maximum atomic E-state index is 13.1. The van der Waals surface area contributed by atoms with Crippen LogP contribution in [0, 0.1) is 13.8 Å². The molecule has 0 aromatic heterocycles. The number of hydrogen-bond acceptors (Lipinski definition) is 6. The number of sulfonamides is 2. The molecule has 1 amide bonds. The summed E-state index contributed by atoms with van der Waals surface area (Å²) in [5, 5.41) is 0.221. The molecule has 1 aliphatic rings. The topological polar surface area (TPSA) is 110 Å². The molecule has 0 aliphatic carbocycles. The van der Waals surface area contributed by atoms with Gasteiger partial charge in [0.1, 0.15) is 10.6 Å². The minimum atomic E-state index is -4.21. The van der Waals surface area contributed by atoms with E-state index < -0.39 is 26.0 Å². The summed E-state index contributed by atoms with van der Waals surface area (Å²) in [6.45, 7) is 3.54.